The van der Waals surface area contributed by atoms with Crippen LogP contribution in [0.3, 0.4) is 0 Å². The fourth-order valence-electron chi connectivity index (χ4n) is 3.81. The van der Waals surface area contributed by atoms with Crippen LogP contribution in [-0.4, -0.2) is 54.5 Å². The normalized spacial score (nSPS) is 15.2. The van der Waals surface area contributed by atoms with Gasteiger partial charge in [0.2, 0.25) is 15.9 Å². The van der Waals surface area contributed by atoms with E-state index in [-0.39, 0.29) is 17.2 Å². The number of fused-ring (bicyclic) bond motifs is 1. The predicted octanol–water partition coefficient (Wildman–Crippen LogP) is 2.79. The first-order valence-electron chi connectivity index (χ1n) is 10.5. The van der Waals surface area contributed by atoms with E-state index in [2.05, 4.69) is 10.3 Å². The second kappa shape index (κ2) is 9.35. The third-order valence-corrected chi connectivity index (χ3v) is 7.30. The van der Waals surface area contributed by atoms with Crippen molar-refractivity contribution in [2.75, 3.05) is 31.6 Å². The molecule has 3 aromatic rings. The molecule has 1 N–H and O–H groups in total. The first-order valence-corrected chi connectivity index (χ1v) is 11.9. The molecule has 1 fully saturated rings. The van der Waals surface area contributed by atoms with Crippen molar-refractivity contribution in [1.82, 2.24) is 13.9 Å². The Morgan fingerprint density at radius 3 is 2.69 bits per heavy atom. The minimum absolute atomic E-state index is 0.165. The van der Waals surface area contributed by atoms with E-state index < -0.39 is 15.8 Å². The van der Waals surface area contributed by atoms with Crippen molar-refractivity contribution >= 4 is 32.7 Å². The molecule has 1 aliphatic rings. The van der Waals surface area contributed by atoms with Crippen molar-refractivity contribution in [3.63, 3.8) is 0 Å². The molecule has 1 aliphatic heterocycles. The number of rotatable bonds is 7. The van der Waals surface area contributed by atoms with Crippen molar-refractivity contribution in [1.29, 1.82) is 0 Å². The minimum Gasteiger partial charge on any atom is -0.379 e. The van der Waals surface area contributed by atoms with Crippen LogP contribution in [0.2, 0.25) is 0 Å². The number of benzene rings is 2. The molecule has 170 valence electrons. The summed E-state index contributed by atoms with van der Waals surface area (Å²) in [6, 6.07) is 10.7. The summed E-state index contributed by atoms with van der Waals surface area (Å²) >= 11 is 0. The lowest BCUT2D eigenvalue weighted by Crippen LogP contribution is -2.40. The van der Waals surface area contributed by atoms with Crippen molar-refractivity contribution in [2.45, 2.75) is 31.2 Å². The molecule has 32 heavy (non-hydrogen) atoms. The van der Waals surface area contributed by atoms with Gasteiger partial charge in [-0.3, -0.25) is 4.79 Å². The number of hydrogen-bond acceptors (Lipinski definition) is 5. The molecule has 1 saturated heterocycles. The van der Waals surface area contributed by atoms with Gasteiger partial charge in [-0.1, -0.05) is 6.07 Å². The minimum atomic E-state index is -3.62. The Morgan fingerprint density at radius 2 is 1.97 bits per heavy atom. The van der Waals surface area contributed by atoms with Crippen LogP contribution in [0.1, 0.15) is 19.2 Å². The molecule has 0 radical (unpaired) electrons. The number of carbonyl (C=O) groups excluding carboxylic acids is 1. The highest BCUT2D eigenvalue weighted by Gasteiger charge is 2.27. The maximum atomic E-state index is 13.3. The number of ether oxygens (including phenoxy) is 1. The standard InChI is InChI=1S/C22H25FN4O4S/c1-2-27-20-7-6-18(32(29,30)26-10-12-31-13-11-26)15-19(20)25-21(27)8-9-22(28)24-17-5-3-4-16(23)14-17/h3-7,14-15H,2,8-13H2,1H3,(H,24,28). The lowest BCUT2D eigenvalue weighted by Gasteiger charge is -2.26. The number of nitrogens with zero attached hydrogens (tertiary/aromatic N) is 3. The van der Waals surface area contributed by atoms with Gasteiger partial charge in [0.15, 0.2) is 0 Å². The molecular formula is C22H25FN4O4S. The average Bonchev–Trinajstić information content (AvgIpc) is 3.15. The maximum absolute atomic E-state index is 13.3. The molecule has 0 unspecified atom stereocenters. The summed E-state index contributed by atoms with van der Waals surface area (Å²) in [5.74, 6) is 0.0251. The second-order valence-corrected chi connectivity index (χ2v) is 9.44. The highest BCUT2D eigenvalue weighted by atomic mass is 32.2. The van der Waals surface area contributed by atoms with Gasteiger partial charge >= 0.3 is 0 Å². The van der Waals surface area contributed by atoms with E-state index in [1.54, 1.807) is 24.3 Å². The van der Waals surface area contributed by atoms with E-state index in [9.17, 15) is 17.6 Å². The number of morpholine rings is 1. The first-order chi connectivity index (χ1) is 15.4. The van der Waals surface area contributed by atoms with Crippen LogP contribution in [-0.2, 0) is 32.5 Å². The first kappa shape index (κ1) is 22.4. The highest BCUT2D eigenvalue weighted by molar-refractivity contribution is 7.89. The number of aromatic nitrogens is 2. The van der Waals surface area contributed by atoms with Crippen LogP contribution < -0.4 is 5.32 Å². The van der Waals surface area contributed by atoms with Gasteiger partial charge in [0, 0.05) is 38.2 Å². The Bertz CT molecular complexity index is 1240. The zero-order valence-corrected chi connectivity index (χ0v) is 18.6. The van der Waals surface area contributed by atoms with Crippen LogP contribution >= 0.6 is 0 Å². The van der Waals surface area contributed by atoms with Gasteiger partial charge in [-0.2, -0.15) is 4.31 Å². The lowest BCUT2D eigenvalue weighted by atomic mass is 10.2. The molecule has 1 aromatic heterocycles. The Balaban J connectivity index is 1.52. The van der Waals surface area contributed by atoms with E-state index in [0.717, 1.165) is 5.52 Å². The summed E-state index contributed by atoms with van der Waals surface area (Å²) in [6.07, 6.45) is 0.536. The summed E-state index contributed by atoms with van der Waals surface area (Å²) in [6.45, 7) is 4.02. The molecule has 0 spiro atoms. The summed E-state index contributed by atoms with van der Waals surface area (Å²) in [5, 5.41) is 2.68. The van der Waals surface area contributed by atoms with E-state index in [0.29, 0.717) is 56.3 Å². The third kappa shape index (κ3) is 4.67. The molecular weight excluding hydrogens is 435 g/mol. The quantitative estimate of drug-likeness (QED) is 0.585. The number of hydrogen-bond donors (Lipinski definition) is 1. The molecule has 0 bridgehead atoms. The number of aryl methyl sites for hydroxylation is 2. The Hall–Kier alpha value is -2.82. The number of carbonyl (C=O) groups is 1. The van der Waals surface area contributed by atoms with Crippen molar-refractivity contribution in [2.24, 2.45) is 0 Å². The summed E-state index contributed by atoms with van der Waals surface area (Å²) in [5.41, 5.74) is 1.78. The number of imidazole rings is 1. The number of halogens is 1. The lowest BCUT2D eigenvalue weighted by molar-refractivity contribution is -0.116. The number of anilines is 1. The molecule has 2 heterocycles. The average molecular weight is 461 g/mol. The van der Waals surface area contributed by atoms with Gasteiger partial charge in [-0.05, 0) is 43.3 Å². The summed E-state index contributed by atoms with van der Waals surface area (Å²) < 4.78 is 47.9. The van der Waals surface area contributed by atoms with E-state index in [4.69, 9.17) is 4.74 Å². The molecule has 0 saturated carbocycles. The fraction of sp³-hybridized carbons (Fsp3) is 0.364. The van der Waals surface area contributed by atoms with Gasteiger partial charge in [0.1, 0.15) is 11.6 Å². The van der Waals surface area contributed by atoms with Crippen LogP contribution in [0.5, 0.6) is 0 Å². The van der Waals surface area contributed by atoms with Gasteiger partial charge in [-0.25, -0.2) is 17.8 Å². The third-order valence-electron chi connectivity index (χ3n) is 5.41. The molecule has 10 heteroatoms. The van der Waals surface area contributed by atoms with Crippen molar-refractivity contribution in [3.05, 3.63) is 54.1 Å². The van der Waals surface area contributed by atoms with Gasteiger partial charge in [-0.15, -0.1) is 0 Å². The van der Waals surface area contributed by atoms with Crippen molar-refractivity contribution in [3.8, 4) is 0 Å². The molecule has 0 aliphatic carbocycles. The Morgan fingerprint density at radius 1 is 1.19 bits per heavy atom. The van der Waals surface area contributed by atoms with Gasteiger partial charge in [0.25, 0.3) is 0 Å². The Kier molecular flexibility index (Phi) is 6.54. The van der Waals surface area contributed by atoms with Crippen LogP contribution in [0.15, 0.2) is 47.4 Å². The highest BCUT2D eigenvalue weighted by Crippen LogP contribution is 2.24. The SMILES string of the molecule is CCn1c(CCC(=O)Nc2cccc(F)c2)nc2cc(S(=O)(=O)N3CCOCC3)ccc21. The van der Waals surface area contributed by atoms with Crippen LogP contribution in [0.25, 0.3) is 11.0 Å². The summed E-state index contributed by atoms with van der Waals surface area (Å²) in [4.78, 5) is 17.1. The molecule has 2 aromatic carbocycles. The molecule has 1 amide bonds. The van der Waals surface area contributed by atoms with Crippen LogP contribution in [0, 0.1) is 5.82 Å². The number of amides is 1. The zero-order valence-electron chi connectivity index (χ0n) is 17.8. The van der Waals surface area contributed by atoms with Gasteiger partial charge in [0.05, 0.1) is 29.1 Å². The topological polar surface area (TPSA) is 93.5 Å². The predicted molar refractivity (Wildman–Crippen MR) is 118 cm³/mol. The molecule has 4 rings (SSSR count). The number of nitrogens with one attached hydrogen (secondary N) is 1. The summed E-state index contributed by atoms with van der Waals surface area (Å²) in [7, 11) is -3.62. The van der Waals surface area contributed by atoms with E-state index in [1.165, 1.54) is 22.5 Å². The molecule has 8 nitrogen and oxygen atoms in total. The largest absolute Gasteiger partial charge is 0.379 e. The molecule has 0 atom stereocenters. The van der Waals surface area contributed by atoms with E-state index >= 15 is 0 Å². The van der Waals surface area contributed by atoms with Gasteiger partial charge < -0.3 is 14.6 Å². The zero-order chi connectivity index (χ0) is 22.7. The Labute approximate surface area is 186 Å². The van der Waals surface area contributed by atoms with Crippen molar-refractivity contribution < 1.29 is 22.3 Å². The number of sulfonamides is 1. The van der Waals surface area contributed by atoms with E-state index in [1.807, 2.05) is 11.5 Å². The maximum Gasteiger partial charge on any atom is 0.243 e. The second-order valence-electron chi connectivity index (χ2n) is 7.50. The fourth-order valence-corrected chi connectivity index (χ4v) is 5.24. The monoisotopic (exact) mass is 460 g/mol. The van der Waals surface area contributed by atoms with Crippen LogP contribution in [0.4, 0.5) is 10.1 Å². The smallest absolute Gasteiger partial charge is 0.243 e.